The molecule has 2 aromatic carbocycles. The average Bonchev–Trinajstić information content (AvgIpc) is 2.46. The Morgan fingerprint density at radius 3 is 2.39 bits per heavy atom. The van der Waals surface area contributed by atoms with E-state index in [4.69, 9.17) is 0 Å². The molecule has 0 fully saturated rings. The maximum absolute atomic E-state index is 12.7. The van der Waals surface area contributed by atoms with E-state index in [0.717, 1.165) is 16.0 Å². The fraction of sp³-hybridized carbons (Fsp3) is 0.350. The Balaban J connectivity index is 2.18. The molecule has 2 aromatic rings. The van der Waals surface area contributed by atoms with Gasteiger partial charge >= 0.3 is 0 Å². The number of hydrogen-bond acceptors (Lipinski definition) is 2. The standard InChI is InChI=1S/C20H25NOS/c1-13(2)23-19-9-7-6-8-18(19)20(22)21-16(5)17-11-10-14(3)12-15(17)4/h6-13,16H,1-5H3,(H,21,22). The average molecular weight is 327 g/mol. The maximum Gasteiger partial charge on any atom is 0.252 e. The lowest BCUT2D eigenvalue weighted by Crippen LogP contribution is -2.27. The number of aryl methyl sites for hydroxylation is 2. The highest BCUT2D eigenvalue weighted by Crippen LogP contribution is 2.27. The molecule has 0 aliphatic rings. The Bertz CT molecular complexity index is 694. The highest BCUT2D eigenvalue weighted by Gasteiger charge is 2.16. The lowest BCUT2D eigenvalue weighted by Gasteiger charge is -2.18. The second-order valence-corrected chi connectivity index (χ2v) is 7.84. The number of nitrogens with one attached hydrogen (secondary N) is 1. The van der Waals surface area contributed by atoms with Gasteiger partial charge in [-0.15, -0.1) is 11.8 Å². The molecule has 2 nitrogen and oxygen atoms in total. The molecule has 0 heterocycles. The van der Waals surface area contributed by atoms with Crippen LogP contribution in [-0.4, -0.2) is 11.2 Å². The second-order valence-electron chi connectivity index (χ2n) is 6.22. The molecule has 2 rings (SSSR count). The predicted octanol–water partition coefficient (Wildman–Crippen LogP) is 5.29. The first kappa shape index (κ1) is 17.6. The molecule has 1 atom stereocenters. The molecule has 0 spiro atoms. The SMILES string of the molecule is Cc1ccc(C(C)NC(=O)c2ccccc2SC(C)C)c(C)c1. The van der Waals surface area contributed by atoms with Crippen LogP contribution in [0.5, 0.6) is 0 Å². The fourth-order valence-electron chi connectivity index (χ4n) is 2.67. The van der Waals surface area contributed by atoms with Crippen molar-refractivity contribution in [2.75, 3.05) is 0 Å². The largest absolute Gasteiger partial charge is 0.345 e. The maximum atomic E-state index is 12.7. The van der Waals surface area contributed by atoms with Gasteiger partial charge < -0.3 is 5.32 Å². The third-order valence-corrected chi connectivity index (χ3v) is 4.82. The third kappa shape index (κ3) is 4.61. The van der Waals surface area contributed by atoms with Gasteiger partial charge in [-0.3, -0.25) is 4.79 Å². The Labute approximate surface area is 143 Å². The van der Waals surface area contributed by atoms with Crippen LogP contribution in [0.4, 0.5) is 0 Å². The number of hydrogen-bond donors (Lipinski definition) is 1. The first-order valence-electron chi connectivity index (χ1n) is 8.02. The summed E-state index contributed by atoms with van der Waals surface area (Å²) in [6, 6.07) is 14.1. The predicted molar refractivity (Wildman–Crippen MR) is 99.2 cm³/mol. The van der Waals surface area contributed by atoms with E-state index in [1.165, 1.54) is 11.1 Å². The van der Waals surface area contributed by atoms with E-state index in [0.29, 0.717) is 5.25 Å². The molecule has 0 saturated heterocycles. The molecule has 0 aliphatic heterocycles. The third-order valence-electron chi connectivity index (χ3n) is 3.73. The van der Waals surface area contributed by atoms with Crippen molar-refractivity contribution in [1.82, 2.24) is 5.32 Å². The zero-order chi connectivity index (χ0) is 17.0. The van der Waals surface area contributed by atoms with E-state index >= 15 is 0 Å². The topological polar surface area (TPSA) is 29.1 Å². The van der Waals surface area contributed by atoms with Gasteiger partial charge in [-0.25, -0.2) is 0 Å². The van der Waals surface area contributed by atoms with Gasteiger partial charge in [0.2, 0.25) is 0 Å². The van der Waals surface area contributed by atoms with Crippen LogP contribution in [0.1, 0.15) is 53.9 Å². The zero-order valence-electron chi connectivity index (χ0n) is 14.5. The summed E-state index contributed by atoms with van der Waals surface area (Å²) in [6.45, 7) is 10.5. The van der Waals surface area contributed by atoms with Gasteiger partial charge in [0.1, 0.15) is 0 Å². The second kappa shape index (κ2) is 7.69. The van der Waals surface area contributed by atoms with Crippen LogP contribution < -0.4 is 5.32 Å². The van der Waals surface area contributed by atoms with Gasteiger partial charge in [0.05, 0.1) is 11.6 Å². The number of amides is 1. The quantitative estimate of drug-likeness (QED) is 0.756. The van der Waals surface area contributed by atoms with E-state index in [2.05, 4.69) is 51.2 Å². The molecule has 122 valence electrons. The molecule has 1 N–H and O–H groups in total. The van der Waals surface area contributed by atoms with Gasteiger partial charge in [0, 0.05) is 10.1 Å². The van der Waals surface area contributed by atoms with E-state index in [9.17, 15) is 4.79 Å². The minimum Gasteiger partial charge on any atom is -0.345 e. The highest BCUT2D eigenvalue weighted by atomic mass is 32.2. The molecular weight excluding hydrogens is 302 g/mol. The molecule has 0 saturated carbocycles. The van der Waals surface area contributed by atoms with Crippen LogP contribution in [0.15, 0.2) is 47.4 Å². The normalized spacial score (nSPS) is 12.3. The van der Waals surface area contributed by atoms with Crippen molar-refractivity contribution in [3.63, 3.8) is 0 Å². The monoisotopic (exact) mass is 327 g/mol. The summed E-state index contributed by atoms with van der Waals surface area (Å²) in [4.78, 5) is 13.7. The lowest BCUT2D eigenvalue weighted by molar-refractivity contribution is 0.0937. The Morgan fingerprint density at radius 1 is 1.04 bits per heavy atom. The molecule has 1 unspecified atom stereocenters. The van der Waals surface area contributed by atoms with Crippen molar-refractivity contribution in [3.05, 3.63) is 64.7 Å². The lowest BCUT2D eigenvalue weighted by atomic mass is 10.00. The van der Waals surface area contributed by atoms with Gasteiger partial charge in [0.25, 0.3) is 5.91 Å². The van der Waals surface area contributed by atoms with Crippen molar-refractivity contribution < 1.29 is 4.79 Å². The molecule has 23 heavy (non-hydrogen) atoms. The van der Waals surface area contributed by atoms with Crippen LogP contribution in [0.2, 0.25) is 0 Å². The summed E-state index contributed by atoms with van der Waals surface area (Å²) in [5.41, 5.74) is 4.37. The number of carbonyl (C=O) groups is 1. The fourth-order valence-corrected chi connectivity index (χ4v) is 3.63. The van der Waals surface area contributed by atoms with Crippen molar-refractivity contribution in [2.24, 2.45) is 0 Å². The highest BCUT2D eigenvalue weighted by molar-refractivity contribution is 8.00. The first-order chi connectivity index (χ1) is 10.9. The number of rotatable bonds is 5. The van der Waals surface area contributed by atoms with Crippen LogP contribution in [0.25, 0.3) is 0 Å². The number of carbonyl (C=O) groups excluding carboxylic acids is 1. The summed E-state index contributed by atoms with van der Waals surface area (Å²) in [5.74, 6) is -0.0128. The first-order valence-corrected chi connectivity index (χ1v) is 8.90. The van der Waals surface area contributed by atoms with Gasteiger partial charge in [0.15, 0.2) is 0 Å². The van der Waals surface area contributed by atoms with Crippen molar-refractivity contribution in [3.8, 4) is 0 Å². The molecule has 0 aliphatic carbocycles. The molecule has 0 aromatic heterocycles. The zero-order valence-corrected chi connectivity index (χ0v) is 15.3. The summed E-state index contributed by atoms with van der Waals surface area (Å²) < 4.78 is 0. The van der Waals surface area contributed by atoms with Gasteiger partial charge in [-0.2, -0.15) is 0 Å². The molecule has 1 amide bonds. The van der Waals surface area contributed by atoms with Crippen molar-refractivity contribution in [1.29, 1.82) is 0 Å². The van der Waals surface area contributed by atoms with Crippen molar-refractivity contribution in [2.45, 2.75) is 50.8 Å². The smallest absolute Gasteiger partial charge is 0.252 e. The summed E-state index contributed by atoms with van der Waals surface area (Å²) >= 11 is 1.72. The molecule has 0 radical (unpaired) electrons. The summed E-state index contributed by atoms with van der Waals surface area (Å²) in [5, 5.41) is 3.58. The molecule has 3 heteroatoms. The Hall–Kier alpha value is -1.74. The summed E-state index contributed by atoms with van der Waals surface area (Å²) in [6.07, 6.45) is 0. The van der Waals surface area contributed by atoms with Crippen LogP contribution in [-0.2, 0) is 0 Å². The number of thioether (sulfide) groups is 1. The molecular formula is C20H25NOS. The van der Waals surface area contributed by atoms with Crippen LogP contribution in [0.3, 0.4) is 0 Å². The van der Waals surface area contributed by atoms with E-state index in [1.54, 1.807) is 11.8 Å². The van der Waals surface area contributed by atoms with Crippen LogP contribution >= 0.6 is 11.8 Å². The van der Waals surface area contributed by atoms with E-state index < -0.39 is 0 Å². The van der Waals surface area contributed by atoms with Crippen molar-refractivity contribution >= 4 is 17.7 Å². The summed E-state index contributed by atoms with van der Waals surface area (Å²) in [7, 11) is 0. The Morgan fingerprint density at radius 2 is 1.74 bits per heavy atom. The van der Waals surface area contributed by atoms with Gasteiger partial charge in [-0.1, -0.05) is 49.7 Å². The van der Waals surface area contributed by atoms with Crippen LogP contribution in [0, 0.1) is 13.8 Å². The minimum absolute atomic E-state index is 0.0128. The van der Waals surface area contributed by atoms with Gasteiger partial charge in [-0.05, 0) is 44.0 Å². The van der Waals surface area contributed by atoms with E-state index in [1.807, 2.05) is 31.2 Å². The number of benzene rings is 2. The minimum atomic E-state index is -0.0137. The Kier molecular flexibility index (Phi) is 5.89. The molecule has 0 bridgehead atoms. The van der Waals surface area contributed by atoms with E-state index in [-0.39, 0.29) is 11.9 Å².